The maximum absolute atomic E-state index is 11.2. The molecule has 0 saturated heterocycles. The van der Waals surface area contributed by atoms with Gasteiger partial charge >= 0.3 is 0 Å². The van der Waals surface area contributed by atoms with Gasteiger partial charge in [-0.25, -0.2) is 4.98 Å². The van der Waals surface area contributed by atoms with Gasteiger partial charge in [0.25, 0.3) is 0 Å². The minimum absolute atomic E-state index is 0.0825. The van der Waals surface area contributed by atoms with E-state index in [0.29, 0.717) is 31.0 Å². The predicted molar refractivity (Wildman–Crippen MR) is 69.8 cm³/mol. The molecule has 0 spiro atoms. The summed E-state index contributed by atoms with van der Waals surface area (Å²) in [7, 11) is 0. The van der Waals surface area contributed by atoms with Crippen molar-refractivity contribution >= 4 is 17.4 Å². The van der Waals surface area contributed by atoms with E-state index in [9.17, 15) is 4.79 Å². The van der Waals surface area contributed by atoms with Crippen molar-refractivity contribution in [1.82, 2.24) is 10.3 Å². The number of carbonyl (C=O) groups excluding carboxylic acids is 1. The first kappa shape index (κ1) is 13.3. The molecule has 1 amide bonds. The maximum atomic E-state index is 11.2. The summed E-state index contributed by atoms with van der Waals surface area (Å²) in [6.45, 7) is 5.12. The lowest BCUT2D eigenvalue weighted by Crippen LogP contribution is -2.28. The zero-order chi connectivity index (χ0) is 12.7. The molecule has 0 aliphatic rings. The number of anilines is 2. The van der Waals surface area contributed by atoms with Gasteiger partial charge in [-0.3, -0.25) is 4.79 Å². The fraction of sp³-hybridized carbons (Fsp3) is 0.500. The largest absolute Gasteiger partial charge is 0.396 e. The van der Waals surface area contributed by atoms with Crippen LogP contribution < -0.4 is 16.4 Å². The van der Waals surface area contributed by atoms with Crippen LogP contribution in [-0.4, -0.2) is 24.0 Å². The second kappa shape index (κ2) is 6.73. The van der Waals surface area contributed by atoms with Crippen LogP contribution >= 0.6 is 0 Å². The van der Waals surface area contributed by atoms with E-state index in [1.807, 2.05) is 19.9 Å². The molecule has 0 atom stereocenters. The minimum atomic E-state index is 0.0825. The normalized spacial score (nSPS) is 10.0. The van der Waals surface area contributed by atoms with Crippen LogP contribution in [0.1, 0.15) is 25.3 Å². The monoisotopic (exact) mass is 236 g/mol. The van der Waals surface area contributed by atoms with E-state index in [1.54, 1.807) is 6.20 Å². The Kier molecular flexibility index (Phi) is 5.26. The molecule has 0 unspecified atom stereocenters. The van der Waals surface area contributed by atoms with E-state index in [0.717, 1.165) is 12.0 Å². The Balaban J connectivity index is 2.29. The van der Waals surface area contributed by atoms with Crippen molar-refractivity contribution in [2.24, 2.45) is 0 Å². The molecule has 0 aromatic carbocycles. The van der Waals surface area contributed by atoms with Crippen LogP contribution in [0.25, 0.3) is 0 Å². The van der Waals surface area contributed by atoms with Gasteiger partial charge in [0.2, 0.25) is 5.91 Å². The Hall–Kier alpha value is -1.78. The Morgan fingerprint density at radius 2 is 2.24 bits per heavy atom. The Bertz CT molecular complexity index is 379. The lowest BCUT2D eigenvalue weighted by atomic mass is 10.3. The molecule has 0 saturated carbocycles. The smallest absolute Gasteiger partial charge is 0.220 e. The molecule has 5 nitrogen and oxygen atoms in total. The van der Waals surface area contributed by atoms with Crippen molar-refractivity contribution in [3.05, 3.63) is 17.8 Å². The number of amides is 1. The molecule has 1 aromatic rings. The Labute approximate surface area is 102 Å². The van der Waals surface area contributed by atoms with Crippen LogP contribution in [0.2, 0.25) is 0 Å². The van der Waals surface area contributed by atoms with Gasteiger partial charge in [-0.1, -0.05) is 6.92 Å². The molecule has 94 valence electrons. The molecule has 1 rings (SSSR count). The summed E-state index contributed by atoms with van der Waals surface area (Å²) in [5.41, 5.74) is 7.46. The number of nitrogens with zero attached hydrogens (tertiary/aromatic N) is 1. The zero-order valence-electron chi connectivity index (χ0n) is 10.4. The third-order valence-electron chi connectivity index (χ3n) is 2.27. The van der Waals surface area contributed by atoms with Crippen molar-refractivity contribution in [3.63, 3.8) is 0 Å². The minimum Gasteiger partial charge on any atom is -0.396 e. The number of pyridine rings is 1. The Morgan fingerprint density at radius 3 is 2.88 bits per heavy atom. The zero-order valence-corrected chi connectivity index (χ0v) is 10.4. The van der Waals surface area contributed by atoms with Gasteiger partial charge in [0, 0.05) is 25.7 Å². The van der Waals surface area contributed by atoms with Crippen molar-refractivity contribution in [2.45, 2.75) is 26.7 Å². The number of rotatable bonds is 6. The molecule has 0 bridgehead atoms. The molecule has 0 radical (unpaired) electrons. The quantitative estimate of drug-likeness (QED) is 0.650. The van der Waals surface area contributed by atoms with Gasteiger partial charge in [-0.15, -0.1) is 0 Å². The Morgan fingerprint density at radius 1 is 1.47 bits per heavy atom. The van der Waals surface area contributed by atoms with E-state index in [1.165, 1.54) is 0 Å². The standard InChI is InChI=1S/C12H20N4O/c1-3-4-11(17)14-5-6-15-12-10(13)7-9(2)8-16-12/h7-8H,3-6,13H2,1-2H3,(H,14,17)(H,15,16). The molecular formula is C12H20N4O. The molecule has 0 fully saturated rings. The number of hydrogen-bond acceptors (Lipinski definition) is 4. The average Bonchev–Trinajstić information content (AvgIpc) is 2.27. The first-order valence-corrected chi connectivity index (χ1v) is 5.86. The van der Waals surface area contributed by atoms with Gasteiger partial charge in [-0.05, 0) is 25.0 Å². The summed E-state index contributed by atoms with van der Waals surface area (Å²) in [5, 5.41) is 5.90. The number of nitrogens with one attached hydrogen (secondary N) is 2. The van der Waals surface area contributed by atoms with Gasteiger partial charge in [0.15, 0.2) is 0 Å². The highest BCUT2D eigenvalue weighted by molar-refractivity contribution is 5.75. The SMILES string of the molecule is CCCC(=O)NCCNc1ncc(C)cc1N. The van der Waals surface area contributed by atoms with Crippen molar-refractivity contribution < 1.29 is 4.79 Å². The highest BCUT2D eigenvalue weighted by Crippen LogP contribution is 2.14. The second-order valence-electron chi connectivity index (χ2n) is 3.98. The maximum Gasteiger partial charge on any atom is 0.220 e. The number of aryl methyl sites for hydroxylation is 1. The molecule has 1 aromatic heterocycles. The fourth-order valence-electron chi connectivity index (χ4n) is 1.44. The van der Waals surface area contributed by atoms with Crippen LogP contribution in [0.15, 0.2) is 12.3 Å². The highest BCUT2D eigenvalue weighted by atomic mass is 16.1. The van der Waals surface area contributed by atoms with Crippen LogP contribution in [0.4, 0.5) is 11.5 Å². The van der Waals surface area contributed by atoms with E-state index in [4.69, 9.17) is 5.73 Å². The molecule has 4 N–H and O–H groups in total. The van der Waals surface area contributed by atoms with Crippen LogP contribution in [-0.2, 0) is 4.79 Å². The molecule has 17 heavy (non-hydrogen) atoms. The van der Waals surface area contributed by atoms with Crippen molar-refractivity contribution in [2.75, 3.05) is 24.1 Å². The van der Waals surface area contributed by atoms with Gasteiger partial charge in [0.05, 0.1) is 5.69 Å². The summed E-state index contributed by atoms with van der Waals surface area (Å²) < 4.78 is 0. The van der Waals surface area contributed by atoms with Gasteiger partial charge in [0.1, 0.15) is 5.82 Å². The summed E-state index contributed by atoms with van der Waals surface area (Å²) in [6, 6.07) is 1.87. The van der Waals surface area contributed by atoms with E-state index in [-0.39, 0.29) is 5.91 Å². The topological polar surface area (TPSA) is 80.0 Å². The van der Waals surface area contributed by atoms with Gasteiger partial charge in [-0.2, -0.15) is 0 Å². The number of aromatic nitrogens is 1. The van der Waals surface area contributed by atoms with Crippen molar-refractivity contribution in [1.29, 1.82) is 0 Å². The van der Waals surface area contributed by atoms with Crippen LogP contribution in [0.3, 0.4) is 0 Å². The second-order valence-corrected chi connectivity index (χ2v) is 3.98. The summed E-state index contributed by atoms with van der Waals surface area (Å²) >= 11 is 0. The molecule has 0 aliphatic heterocycles. The number of carbonyl (C=O) groups is 1. The van der Waals surface area contributed by atoms with Crippen LogP contribution in [0.5, 0.6) is 0 Å². The van der Waals surface area contributed by atoms with Crippen molar-refractivity contribution in [3.8, 4) is 0 Å². The van der Waals surface area contributed by atoms with Gasteiger partial charge < -0.3 is 16.4 Å². The fourth-order valence-corrected chi connectivity index (χ4v) is 1.44. The first-order valence-electron chi connectivity index (χ1n) is 5.86. The molecule has 1 heterocycles. The third kappa shape index (κ3) is 4.72. The van der Waals surface area contributed by atoms with E-state index < -0.39 is 0 Å². The van der Waals surface area contributed by atoms with E-state index in [2.05, 4.69) is 15.6 Å². The third-order valence-corrected chi connectivity index (χ3v) is 2.27. The summed E-state index contributed by atoms with van der Waals surface area (Å²) in [5.74, 6) is 0.750. The highest BCUT2D eigenvalue weighted by Gasteiger charge is 2.01. The molecule has 5 heteroatoms. The lowest BCUT2D eigenvalue weighted by molar-refractivity contribution is -0.121. The molecular weight excluding hydrogens is 216 g/mol. The summed E-state index contributed by atoms with van der Waals surface area (Å²) in [4.78, 5) is 15.4. The first-order chi connectivity index (χ1) is 8.13. The number of nitrogen functional groups attached to an aromatic ring is 1. The van der Waals surface area contributed by atoms with E-state index >= 15 is 0 Å². The predicted octanol–water partition coefficient (Wildman–Crippen LogP) is 1.30. The average molecular weight is 236 g/mol. The van der Waals surface area contributed by atoms with Crippen LogP contribution in [0, 0.1) is 6.92 Å². The lowest BCUT2D eigenvalue weighted by Gasteiger charge is -2.09. The number of hydrogen-bond donors (Lipinski definition) is 3. The molecule has 0 aliphatic carbocycles. The summed E-state index contributed by atoms with van der Waals surface area (Å²) in [6.07, 6.45) is 3.20. The number of nitrogens with two attached hydrogens (primary N) is 1.